The molecule has 1 aromatic carbocycles. The molecule has 9 heteroatoms. The lowest BCUT2D eigenvalue weighted by atomic mass is 10.0. The number of methoxy groups -OCH3 is 1. The smallest absolute Gasteiger partial charge is 0.231 e. The minimum Gasteiger partial charge on any atom is -0.488 e. The summed E-state index contributed by atoms with van der Waals surface area (Å²) in [5, 5.41) is 0. The largest absolute Gasteiger partial charge is 0.488 e. The Morgan fingerprint density at radius 3 is 2.66 bits per heavy atom. The van der Waals surface area contributed by atoms with E-state index in [2.05, 4.69) is 60.7 Å². The standard InChI is InChI=1S/C29H38N6O3/c1-18(2)22-10-9-19(3)25(14-22)38-17-24-21(5)32-27(23-8-7-11-31-29(23)37-6)33-28(24)35-13-12-34(16-26(30)36)20(4)15-35/h7-11,14,18,20H,12-13,15-17H2,1-6H3,(H2,30,36)/t20-/m1/s1. The molecular formula is C29H38N6O3. The van der Waals surface area contributed by atoms with Crippen LogP contribution in [0.3, 0.4) is 0 Å². The van der Waals surface area contributed by atoms with Crippen LogP contribution < -0.4 is 20.1 Å². The summed E-state index contributed by atoms with van der Waals surface area (Å²) in [6.45, 7) is 13.2. The van der Waals surface area contributed by atoms with Gasteiger partial charge in [-0.3, -0.25) is 9.69 Å². The van der Waals surface area contributed by atoms with Crippen molar-refractivity contribution in [3.63, 3.8) is 0 Å². The number of ether oxygens (including phenoxy) is 2. The van der Waals surface area contributed by atoms with E-state index in [4.69, 9.17) is 25.2 Å². The van der Waals surface area contributed by atoms with Crippen LogP contribution in [0, 0.1) is 13.8 Å². The first-order valence-electron chi connectivity index (χ1n) is 13.1. The van der Waals surface area contributed by atoms with Crippen molar-refractivity contribution in [1.29, 1.82) is 0 Å². The van der Waals surface area contributed by atoms with Crippen LogP contribution in [0.1, 0.15) is 49.1 Å². The Balaban J connectivity index is 1.72. The lowest BCUT2D eigenvalue weighted by Gasteiger charge is -2.40. The third-order valence-electron chi connectivity index (χ3n) is 7.07. The molecule has 0 saturated carbocycles. The van der Waals surface area contributed by atoms with Crippen molar-refractivity contribution < 1.29 is 14.3 Å². The van der Waals surface area contributed by atoms with Gasteiger partial charge in [0.1, 0.15) is 18.2 Å². The van der Waals surface area contributed by atoms with Crippen molar-refractivity contribution in [1.82, 2.24) is 19.9 Å². The number of nitrogens with two attached hydrogens (primary N) is 1. The van der Waals surface area contributed by atoms with Crippen LogP contribution in [-0.2, 0) is 11.4 Å². The molecule has 202 valence electrons. The maximum absolute atomic E-state index is 11.6. The number of benzene rings is 1. The first kappa shape index (κ1) is 27.3. The fourth-order valence-electron chi connectivity index (χ4n) is 4.76. The van der Waals surface area contributed by atoms with Crippen molar-refractivity contribution in [2.75, 3.05) is 38.2 Å². The first-order valence-corrected chi connectivity index (χ1v) is 13.1. The molecule has 1 aliphatic rings. The molecule has 4 rings (SSSR count). The minimum atomic E-state index is -0.317. The molecule has 2 N–H and O–H groups in total. The van der Waals surface area contributed by atoms with Crippen LogP contribution >= 0.6 is 0 Å². The van der Waals surface area contributed by atoms with Gasteiger partial charge in [-0.05, 0) is 56.0 Å². The topological polar surface area (TPSA) is 107 Å². The molecule has 3 heterocycles. The molecule has 38 heavy (non-hydrogen) atoms. The number of hydrogen-bond donors (Lipinski definition) is 1. The van der Waals surface area contributed by atoms with Gasteiger partial charge in [-0.15, -0.1) is 0 Å². The Kier molecular flexibility index (Phi) is 8.46. The van der Waals surface area contributed by atoms with Gasteiger partial charge in [0.05, 0.1) is 30.5 Å². The van der Waals surface area contributed by atoms with E-state index in [1.807, 2.05) is 19.1 Å². The highest BCUT2D eigenvalue weighted by molar-refractivity contribution is 5.76. The third-order valence-corrected chi connectivity index (χ3v) is 7.07. The number of primary amides is 1. The molecule has 3 aromatic rings. The van der Waals surface area contributed by atoms with Crippen molar-refractivity contribution >= 4 is 11.7 Å². The highest BCUT2D eigenvalue weighted by Crippen LogP contribution is 2.32. The highest BCUT2D eigenvalue weighted by Gasteiger charge is 2.28. The van der Waals surface area contributed by atoms with E-state index in [-0.39, 0.29) is 18.5 Å². The number of aromatic nitrogens is 3. The van der Waals surface area contributed by atoms with Crippen LogP contribution in [-0.4, -0.2) is 65.1 Å². The second kappa shape index (κ2) is 11.8. The molecule has 1 aliphatic heterocycles. The zero-order chi connectivity index (χ0) is 27.4. The average molecular weight is 519 g/mol. The van der Waals surface area contributed by atoms with Crippen molar-refractivity contribution in [2.24, 2.45) is 5.73 Å². The highest BCUT2D eigenvalue weighted by atomic mass is 16.5. The van der Waals surface area contributed by atoms with Crippen LogP contribution in [0.2, 0.25) is 0 Å². The fraction of sp³-hybridized carbons (Fsp3) is 0.448. The zero-order valence-electron chi connectivity index (χ0n) is 23.2. The Labute approximate surface area is 225 Å². The number of aryl methyl sites for hydroxylation is 2. The molecule has 1 saturated heterocycles. The SMILES string of the molecule is COc1ncccc1-c1nc(C)c(COc2cc(C(C)C)ccc2C)c(N2CCN(CC(N)=O)[C@H](C)C2)n1. The van der Waals surface area contributed by atoms with Gasteiger partial charge in [0.25, 0.3) is 0 Å². The van der Waals surface area contributed by atoms with Crippen molar-refractivity contribution in [2.45, 2.75) is 53.2 Å². The summed E-state index contributed by atoms with van der Waals surface area (Å²) in [4.78, 5) is 30.1. The Bertz CT molecular complexity index is 1300. The summed E-state index contributed by atoms with van der Waals surface area (Å²) in [5.41, 5.74) is 10.3. The van der Waals surface area contributed by atoms with Crippen LogP contribution in [0.5, 0.6) is 11.6 Å². The van der Waals surface area contributed by atoms with E-state index in [0.717, 1.165) is 34.0 Å². The van der Waals surface area contributed by atoms with Gasteiger partial charge in [-0.25, -0.2) is 15.0 Å². The van der Waals surface area contributed by atoms with E-state index in [0.29, 0.717) is 43.9 Å². The zero-order valence-corrected chi connectivity index (χ0v) is 23.2. The van der Waals surface area contributed by atoms with Crippen LogP contribution in [0.15, 0.2) is 36.5 Å². The van der Waals surface area contributed by atoms with E-state index in [1.165, 1.54) is 5.56 Å². The maximum Gasteiger partial charge on any atom is 0.231 e. The summed E-state index contributed by atoms with van der Waals surface area (Å²) in [6, 6.07) is 10.3. The van der Waals surface area contributed by atoms with Gasteiger partial charge in [0, 0.05) is 31.9 Å². The number of pyridine rings is 1. The molecule has 0 aliphatic carbocycles. The van der Waals surface area contributed by atoms with Gasteiger partial charge in [0.2, 0.25) is 11.8 Å². The number of amides is 1. The van der Waals surface area contributed by atoms with Gasteiger partial charge in [-0.1, -0.05) is 26.0 Å². The number of anilines is 1. The summed E-state index contributed by atoms with van der Waals surface area (Å²) in [5.74, 6) is 2.80. The van der Waals surface area contributed by atoms with E-state index in [9.17, 15) is 4.79 Å². The Hall–Kier alpha value is -3.72. The second-order valence-electron chi connectivity index (χ2n) is 10.2. The predicted octanol–water partition coefficient (Wildman–Crippen LogP) is 3.86. The molecule has 1 fully saturated rings. The lowest BCUT2D eigenvalue weighted by molar-refractivity contribution is -0.119. The van der Waals surface area contributed by atoms with Crippen molar-refractivity contribution in [3.8, 4) is 23.0 Å². The maximum atomic E-state index is 11.6. The number of nitrogens with zero attached hydrogens (tertiary/aromatic N) is 5. The molecule has 0 unspecified atom stereocenters. The third kappa shape index (κ3) is 6.05. The summed E-state index contributed by atoms with van der Waals surface area (Å²) in [6.07, 6.45) is 1.69. The molecule has 2 aromatic heterocycles. The molecule has 0 bridgehead atoms. The molecular weight excluding hydrogens is 480 g/mol. The monoisotopic (exact) mass is 518 g/mol. The summed E-state index contributed by atoms with van der Waals surface area (Å²) >= 11 is 0. The van der Waals surface area contributed by atoms with E-state index in [1.54, 1.807) is 13.3 Å². The summed E-state index contributed by atoms with van der Waals surface area (Å²) < 4.78 is 11.9. The molecule has 1 atom stereocenters. The quantitative estimate of drug-likeness (QED) is 0.455. The molecule has 0 spiro atoms. The van der Waals surface area contributed by atoms with Crippen LogP contribution in [0.25, 0.3) is 11.4 Å². The van der Waals surface area contributed by atoms with Gasteiger partial charge in [0.15, 0.2) is 5.82 Å². The summed E-state index contributed by atoms with van der Waals surface area (Å²) in [7, 11) is 1.59. The van der Waals surface area contributed by atoms with E-state index >= 15 is 0 Å². The molecule has 9 nitrogen and oxygen atoms in total. The average Bonchev–Trinajstić information content (AvgIpc) is 2.89. The number of piperazine rings is 1. The fourth-order valence-corrected chi connectivity index (χ4v) is 4.76. The van der Waals surface area contributed by atoms with Crippen LogP contribution in [0.4, 0.5) is 5.82 Å². The Morgan fingerprint density at radius 1 is 1.18 bits per heavy atom. The Morgan fingerprint density at radius 2 is 1.97 bits per heavy atom. The van der Waals surface area contributed by atoms with Crippen molar-refractivity contribution in [3.05, 3.63) is 58.9 Å². The molecule has 0 radical (unpaired) electrons. The molecule has 1 amide bonds. The second-order valence-corrected chi connectivity index (χ2v) is 10.2. The first-order chi connectivity index (χ1) is 18.2. The van der Waals surface area contributed by atoms with Gasteiger partial charge >= 0.3 is 0 Å². The number of hydrogen-bond acceptors (Lipinski definition) is 8. The number of rotatable bonds is 9. The number of carbonyl (C=O) groups is 1. The lowest BCUT2D eigenvalue weighted by Crippen LogP contribution is -2.54. The predicted molar refractivity (Wildman–Crippen MR) is 149 cm³/mol. The van der Waals surface area contributed by atoms with Gasteiger partial charge in [-0.2, -0.15) is 0 Å². The minimum absolute atomic E-state index is 0.127. The normalized spacial score (nSPS) is 16.1. The van der Waals surface area contributed by atoms with E-state index < -0.39 is 0 Å². The number of carbonyl (C=O) groups excluding carboxylic acids is 1. The van der Waals surface area contributed by atoms with Gasteiger partial charge < -0.3 is 20.1 Å².